The van der Waals surface area contributed by atoms with Crippen molar-refractivity contribution in [2.75, 3.05) is 18.0 Å². The second-order valence-corrected chi connectivity index (χ2v) is 4.80. The van der Waals surface area contributed by atoms with Gasteiger partial charge in [0, 0.05) is 29.3 Å². The standard InChI is InChI=1S/C11H11BrF3NO/c12-8-5-9(16-3-1-2-4-16)7-10(6-8)17-11(13,14)15/h5-7H,1-4H2. The van der Waals surface area contributed by atoms with Gasteiger partial charge in [0.25, 0.3) is 0 Å². The van der Waals surface area contributed by atoms with Crippen LogP contribution >= 0.6 is 15.9 Å². The molecule has 0 aromatic heterocycles. The molecule has 0 amide bonds. The van der Waals surface area contributed by atoms with Crippen molar-refractivity contribution in [3.63, 3.8) is 0 Å². The minimum absolute atomic E-state index is 0.186. The van der Waals surface area contributed by atoms with E-state index >= 15 is 0 Å². The molecule has 1 aliphatic rings. The van der Waals surface area contributed by atoms with Gasteiger partial charge in [0.2, 0.25) is 0 Å². The minimum atomic E-state index is -4.65. The first-order chi connectivity index (χ1) is 7.94. The SMILES string of the molecule is FC(F)(F)Oc1cc(Br)cc(N2CCCC2)c1. The number of alkyl halides is 3. The number of halogens is 4. The lowest BCUT2D eigenvalue weighted by Crippen LogP contribution is -2.19. The van der Waals surface area contributed by atoms with Crippen LogP contribution in [0.1, 0.15) is 12.8 Å². The Balaban J connectivity index is 2.22. The van der Waals surface area contributed by atoms with Gasteiger partial charge in [-0.2, -0.15) is 0 Å². The van der Waals surface area contributed by atoms with Gasteiger partial charge in [-0.15, -0.1) is 13.2 Å². The van der Waals surface area contributed by atoms with Gasteiger partial charge in [-0.1, -0.05) is 15.9 Å². The smallest absolute Gasteiger partial charge is 0.406 e. The molecule has 0 unspecified atom stereocenters. The number of ether oxygens (including phenoxy) is 1. The van der Waals surface area contributed by atoms with Gasteiger partial charge >= 0.3 is 6.36 Å². The maximum absolute atomic E-state index is 12.1. The minimum Gasteiger partial charge on any atom is -0.406 e. The lowest BCUT2D eigenvalue weighted by Gasteiger charge is -2.19. The quantitative estimate of drug-likeness (QED) is 0.820. The lowest BCUT2D eigenvalue weighted by molar-refractivity contribution is -0.274. The Labute approximate surface area is 105 Å². The zero-order valence-electron chi connectivity index (χ0n) is 8.93. The molecule has 1 aliphatic heterocycles. The molecular weight excluding hydrogens is 299 g/mol. The van der Waals surface area contributed by atoms with Crippen molar-refractivity contribution in [3.8, 4) is 5.75 Å². The maximum atomic E-state index is 12.1. The number of nitrogens with zero attached hydrogens (tertiary/aromatic N) is 1. The summed E-state index contributed by atoms with van der Waals surface area (Å²) in [4.78, 5) is 2.05. The summed E-state index contributed by atoms with van der Waals surface area (Å²) < 4.78 is 40.9. The van der Waals surface area contributed by atoms with Crippen molar-refractivity contribution >= 4 is 21.6 Å². The fraction of sp³-hybridized carbons (Fsp3) is 0.455. The first-order valence-electron chi connectivity index (χ1n) is 5.25. The first-order valence-corrected chi connectivity index (χ1v) is 6.05. The largest absolute Gasteiger partial charge is 0.573 e. The summed E-state index contributed by atoms with van der Waals surface area (Å²) in [6.45, 7) is 1.75. The highest BCUT2D eigenvalue weighted by atomic mass is 79.9. The Kier molecular flexibility index (Phi) is 3.51. The Morgan fingerprint density at radius 2 is 1.76 bits per heavy atom. The topological polar surface area (TPSA) is 12.5 Å². The van der Waals surface area contributed by atoms with Crippen molar-refractivity contribution < 1.29 is 17.9 Å². The average molecular weight is 310 g/mol. The third-order valence-corrected chi connectivity index (χ3v) is 3.02. The molecule has 0 atom stereocenters. The van der Waals surface area contributed by atoms with Crippen LogP contribution in [0.4, 0.5) is 18.9 Å². The summed E-state index contributed by atoms with van der Waals surface area (Å²) >= 11 is 3.19. The fourth-order valence-electron chi connectivity index (χ4n) is 1.90. The van der Waals surface area contributed by atoms with Gasteiger partial charge < -0.3 is 9.64 Å². The van der Waals surface area contributed by atoms with E-state index in [-0.39, 0.29) is 5.75 Å². The molecule has 0 radical (unpaired) electrons. The zero-order chi connectivity index (χ0) is 12.5. The summed E-state index contributed by atoms with van der Waals surface area (Å²) in [5.41, 5.74) is 0.760. The van der Waals surface area contributed by atoms with Gasteiger partial charge in [-0.25, -0.2) is 0 Å². The molecule has 17 heavy (non-hydrogen) atoms. The molecule has 6 heteroatoms. The van der Waals surface area contributed by atoms with Crippen molar-refractivity contribution in [2.45, 2.75) is 19.2 Å². The van der Waals surface area contributed by atoms with Gasteiger partial charge in [-0.3, -0.25) is 0 Å². The molecule has 0 aliphatic carbocycles. The van der Waals surface area contributed by atoms with Gasteiger partial charge in [0.05, 0.1) is 0 Å². The first kappa shape index (κ1) is 12.5. The van der Waals surface area contributed by atoms with E-state index in [4.69, 9.17) is 0 Å². The highest BCUT2D eigenvalue weighted by molar-refractivity contribution is 9.10. The fourth-order valence-corrected chi connectivity index (χ4v) is 2.36. The van der Waals surface area contributed by atoms with Crippen LogP contribution in [0, 0.1) is 0 Å². The van der Waals surface area contributed by atoms with E-state index in [1.807, 2.05) is 4.90 Å². The van der Waals surface area contributed by atoms with Crippen LogP contribution in [0.15, 0.2) is 22.7 Å². The summed E-state index contributed by atoms with van der Waals surface area (Å²) in [5, 5.41) is 0. The van der Waals surface area contributed by atoms with Crippen LogP contribution in [0.3, 0.4) is 0 Å². The van der Waals surface area contributed by atoms with Gasteiger partial charge in [0.15, 0.2) is 0 Å². The van der Waals surface area contributed by atoms with Crippen molar-refractivity contribution in [2.24, 2.45) is 0 Å². The van der Waals surface area contributed by atoms with Crippen LogP contribution in [-0.2, 0) is 0 Å². The van der Waals surface area contributed by atoms with Crippen LogP contribution in [0.25, 0.3) is 0 Å². The number of benzene rings is 1. The molecule has 0 bridgehead atoms. The Morgan fingerprint density at radius 3 is 2.35 bits per heavy atom. The highest BCUT2D eigenvalue weighted by Crippen LogP contribution is 2.32. The lowest BCUT2D eigenvalue weighted by atomic mass is 10.3. The predicted molar refractivity (Wildman–Crippen MR) is 62.3 cm³/mol. The van der Waals surface area contributed by atoms with Gasteiger partial charge in [-0.05, 0) is 25.0 Å². The number of hydrogen-bond acceptors (Lipinski definition) is 2. The molecule has 1 aromatic rings. The molecule has 94 valence electrons. The molecule has 2 nitrogen and oxygen atoms in total. The zero-order valence-corrected chi connectivity index (χ0v) is 10.5. The van der Waals surface area contributed by atoms with E-state index in [2.05, 4.69) is 20.7 Å². The van der Waals surface area contributed by atoms with Gasteiger partial charge in [0.1, 0.15) is 5.75 Å². The molecule has 2 rings (SSSR count). The predicted octanol–water partition coefficient (Wildman–Crippen LogP) is 3.95. The van der Waals surface area contributed by atoms with E-state index in [9.17, 15) is 13.2 Å². The third-order valence-electron chi connectivity index (χ3n) is 2.56. The van der Waals surface area contributed by atoms with E-state index in [0.29, 0.717) is 4.47 Å². The number of hydrogen-bond donors (Lipinski definition) is 0. The van der Waals surface area contributed by atoms with E-state index in [1.54, 1.807) is 6.07 Å². The monoisotopic (exact) mass is 309 g/mol. The van der Waals surface area contributed by atoms with Crippen molar-refractivity contribution in [3.05, 3.63) is 22.7 Å². The molecular formula is C11H11BrF3NO. The van der Waals surface area contributed by atoms with E-state index in [0.717, 1.165) is 31.6 Å². The molecule has 1 fully saturated rings. The molecule has 1 heterocycles. The second-order valence-electron chi connectivity index (χ2n) is 3.89. The summed E-state index contributed by atoms with van der Waals surface area (Å²) in [7, 11) is 0. The number of rotatable bonds is 2. The van der Waals surface area contributed by atoms with Crippen LogP contribution in [0.5, 0.6) is 5.75 Å². The Hall–Kier alpha value is -0.910. The molecule has 1 aromatic carbocycles. The second kappa shape index (κ2) is 4.76. The summed E-state index contributed by atoms with van der Waals surface area (Å²) in [6, 6.07) is 4.53. The maximum Gasteiger partial charge on any atom is 0.573 e. The van der Waals surface area contributed by atoms with Crippen LogP contribution in [0.2, 0.25) is 0 Å². The molecule has 1 saturated heterocycles. The average Bonchev–Trinajstić information content (AvgIpc) is 2.65. The third kappa shape index (κ3) is 3.52. The highest BCUT2D eigenvalue weighted by Gasteiger charge is 2.31. The Bertz CT molecular complexity index is 402. The normalized spacial score (nSPS) is 16.4. The number of anilines is 1. The van der Waals surface area contributed by atoms with Crippen molar-refractivity contribution in [1.82, 2.24) is 0 Å². The van der Waals surface area contributed by atoms with E-state index < -0.39 is 6.36 Å². The van der Waals surface area contributed by atoms with Crippen LogP contribution < -0.4 is 9.64 Å². The van der Waals surface area contributed by atoms with Crippen molar-refractivity contribution in [1.29, 1.82) is 0 Å². The van der Waals surface area contributed by atoms with Crippen LogP contribution in [-0.4, -0.2) is 19.5 Å². The molecule has 0 N–H and O–H groups in total. The van der Waals surface area contributed by atoms with E-state index in [1.165, 1.54) is 12.1 Å². The molecule has 0 spiro atoms. The summed E-state index contributed by atoms with van der Waals surface area (Å²) in [5.74, 6) is -0.186. The molecule has 0 saturated carbocycles. The summed E-state index contributed by atoms with van der Waals surface area (Å²) in [6.07, 6.45) is -2.51. The Morgan fingerprint density at radius 1 is 1.12 bits per heavy atom.